The van der Waals surface area contributed by atoms with E-state index < -0.39 is 22.0 Å². The Kier molecular flexibility index (Phi) is 4.28. The third kappa shape index (κ3) is 3.22. The summed E-state index contributed by atoms with van der Waals surface area (Å²) in [4.78, 5) is 22.0. The van der Waals surface area contributed by atoms with Crippen molar-refractivity contribution in [3.63, 3.8) is 0 Å². The van der Waals surface area contributed by atoms with E-state index in [0.29, 0.717) is 0 Å². The number of carboxylic acids is 1. The number of carbonyl (C=O) groups is 2. The van der Waals surface area contributed by atoms with Gasteiger partial charge in [-0.05, 0) is 6.92 Å². The van der Waals surface area contributed by atoms with Crippen molar-refractivity contribution >= 4 is 21.9 Å². The van der Waals surface area contributed by atoms with E-state index >= 15 is 0 Å². The Labute approximate surface area is 121 Å². The minimum absolute atomic E-state index is 0.0468. The van der Waals surface area contributed by atoms with Crippen LogP contribution in [0.2, 0.25) is 0 Å². The van der Waals surface area contributed by atoms with Gasteiger partial charge in [-0.3, -0.25) is 14.3 Å². The SMILES string of the molecule is CC1C(=O)NCCN1S(=O)(=O)c1cnn(CCC(=O)O)c1. The van der Waals surface area contributed by atoms with Crippen molar-refractivity contribution in [3.05, 3.63) is 12.4 Å². The van der Waals surface area contributed by atoms with Crippen molar-refractivity contribution in [1.29, 1.82) is 0 Å². The zero-order valence-corrected chi connectivity index (χ0v) is 12.2. The summed E-state index contributed by atoms with van der Waals surface area (Å²) in [7, 11) is -3.82. The van der Waals surface area contributed by atoms with Crippen LogP contribution in [0, 0.1) is 0 Å². The largest absolute Gasteiger partial charge is 0.481 e. The van der Waals surface area contributed by atoms with Gasteiger partial charge in [-0.2, -0.15) is 9.40 Å². The van der Waals surface area contributed by atoms with Crippen LogP contribution in [0.3, 0.4) is 0 Å². The molecule has 0 aromatic carbocycles. The van der Waals surface area contributed by atoms with E-state index in [9.17, 15) is 18.0 Å². The highest BCUT2D eigenvalue weighted by atomic mass is 32.2. The van der Waals surface area contributed by atoms with Crippen molar-refractivity contribution in [2.75, 3.05) is 13.1 Å². The third-order valence-corrected chi connectivity index (χ3v) is 5.14. The molecule has 0 aliphatic carbocycles. The minimum atomic E-state index is -3.82. The third-order valence-electron chi connectivity index (χ3n) is 3.21. The number of piperazine rings is 1. The van der Waals surface area contributed by atoms with Gasteiger partial charge in [0.2, 0.25) is 15.9 Å². The minimum Gasteiger partial charge on any atom is -0.481 e. The highest BCUT2D eigenvalue weighted by molar-refractivity contribution is 7.89. The number of rotatable bonds is 5. The summed E-state index contributed by atoms with van der Waals surface area (Å²) in [6.45, 7) is 2.05. The topological polar surface area (TPSA) is 122 Å². The first-order valence-corrected chi connectivity index (χ1v) is 7.80. The Hall–Kier alpha value is -1.94. The van der Waals surface area contributed by atoms with E-state index in [2.05, 4.69) is 10.4 Å². The monoisotopic (exact) mass is 316 g/mol. The average Bonchev–Trinajstić information content (AvgIpc) is 2.89. The second-order valence-electron chi connectivity index (χ2n) is 4.67. The molecule has 2 rings (SSSR count). The number of hydrogen-bond donors (Lipinski definition) is 2. The fourth-order valence-electron chi connectivity index (χ4n) is 2.04. The molecule has 0 saturated carbocycles. The molecule has 9 nitrogen and oxygen atoms in total. The van der Waals surface area contributed by atoms with Crippen LogP contribution in [-0.4, -0.2) is 58.6 Å². The number of carbonyl (C=O) groups excluding carboxylic acids is 1. The Morgan fingerprint density at radius 2 is 2.29 bits per heavy atom. The van der Waals surface area contributed by atoms with Crippen molar-refractivity contribution in [2.24, 2.45) is 0 Å². The average molecular weight is 316 g/mol. The van der Waals surface area contributed by atoms with Crippen LogP contribution >= 0.6 is 0 Å². The van der Waals surface area contributed by atoms with Gasteiger partial charge in [0.1, 0.15) is 10.9 Å². The molecule has 2 N–H and O–H groups in total. The molecule has 0 radical (unpaired) electrons. The highest BCUT2D eigenvalue weighted by Crippen LogP contribution is 2.19. The molecule has 1 amide bonds. The smallest absolute Gasteiger partial charge is 0.305 e. The molecule has 1 aliphatic rings. The van der Waals surface area contributed by atoms with Crippen molar-refractivity contribution in [1.82, 2.24) is 19.4 Å². The zero-order chi connectivity index (χ0) is 15.6. The van der Waals surface area contributed by atoms with Crippen LogP contribution in [0.25, 0.3) is 0 Å². The molecule has 1 fully saturated rings. The van der Waals surface area contributed by atoms with E-state index in [1.54, 1.807) is 0 Å². The lowest BCUT2D eigenvalue weighted by Crippen LogP contribution is -2.55. The fourth-order valence-corrected chi connectivity index (χ4v) is 3.59. The molecule has 116 valence electrons. The van der Waals surface area contributed by atoms with Crippen molar-refractivity contribution < 1.29 is 23.1 Å². The number of sulfonamides is 1. The number of nitrogens with one attached hydrogen (secondary N) is 1. The maximum Gasteiger partial charge on any atom is 0.305 e. The predicted octanol–water partition coefficient (Wildman–Crippen LogP) is -1.13. The molecule has 1 unspecified atom stereocenters. The van der Waals surface area contributed by atoms with Gasteiger partial charge in [-0.1, -0.05) is 0 Å². The molecule has 1 aliphatic heterocycles. The van der Waals surface area contributed by atoms with Crippen LogP contribution in [0.15, 0.2) is 17.3 Å². The van der Waals surface area contributed by atoms with Gasteiger partial charge in [0.15, 0.2) is 0 Å². The van der Waals surface area contributed by atoms with Gasteiger partial charge >= 0.3 is 5.97 Å². The molecule has 21 heavy (non-hydrogen) atoms. The molecule has 2 heterocycles. The summed E-state index contributed by atoms with van der Waals surface area (Å²) in [6.07, 6.45) is 2.29. The number of hydrogen-bond acceptors (Lipinski definition) is 5. The van der Waals surface area contributed by atoms with Crippen LogP contribution in [0.1, 0.15) is 13.3 Å². The van der Waals surface area contributed by atoms with Gasteiger partial charge in [0, 0.05) is 19.3 Å². The molecule has 10 heteroatoms. The maximum absolute atomic E-state index is 12.5. The summed E-state index contributed by atoms with van der Waals surface area (Å²) in [5.74, 6) is -1.33. The first-order chi connectivity index (χ1) is 9.82. The maximum atomic E-state index is 12.5. The Balaban J connectivity index is 2.19. The molecule has 1 atom stereocenters. The van der Waals surface area contributed by atoms with Gasteiger partial charge in [0.05, 0.1) is 19.2 Å². The Morgan fingerprint density at radius 3 is 2.95 bits per heavy atom. The lowest BCUT2D eigenvalue weighted by molar-refractivity contribution is -0.137. The van der Waals surface area contributed by atoms with Crippen LogP contribution in [0.4, 0.5) is 0 Å². The first kappa shape index (κ1) is 15.4. The molecular weight excluding hydrogens is 300 g/mol. The van der Waals surface area contributed by atoms with Crippen LogP contribution in [0.5, 0.6) is 0 Å². The Morgan fingerprint density at radius 1 is 1.57 bits per heavy atom. The van der Waals surface area contributed by atoms with E-state index in [4.69, 9.17) is 5.11 Å². The molecular formula is C11H16N4O5S. The van der Waals surface area contributed by atoms with Crippen molar-refractivity contribution in [3.8, 4) is 0 Å². The second-order valence-corrected chi connectivity index (χ2v) is 6.56. The predicted molar refractivity (Wildman–Crippen MR) is 70.8 cm³/mol. The van der Waals surface area contributed by atoms with E-state index in [1.807, 2.05) is 0 Å². The molecule has 1 aromatic heterocycles. The number of carboxylic acid groups (broad SMARTS) is 1. The number of aryl methyl sites for hydroxylation is 1. The number of aliphatic carboxylic acids is 1. The number of nitrogens with zero attached hydrogens (tertiary/aromatic N) is 3. The molecule has 1 saturated heterocycles. The van der Waals surface area contributed by atoms with Crippen LogP contribution < -0.4 is 5.32 Å². The van der Waals surface area contributed by atoms with E-state index in [-0.39, 0.29) is 36.9 Å². The highest BCUT2D eigenvalue weighted by Gasteiger charge is 2.36. The molecule has 1 aromatic rings. The van der Waals surface area contributed by atoms with Gasteiger partial charge < -0.3 is 10.4 Å². The lowest BCUT2D eigenvalue weighted by Gasteiger charge is -2.31. The van der Waals surface area contributed by atoms with Crippen LogP contribution in [-0.2, 0) is 26.2 Å². The normalized spacial score (nSPS) is 20.2. The number of aromatic nitrogens is 2. The van der Waals surface area contributed by atoms with Gasteiger partial charge in [0.25, 0.3) is 0 Å². The summed E-state index contributed by atoms with van der Waals surface area (Å²) < 4.78 is 27.3. The van der Waals surface area contributed by atoms with E-state index in [0.717, 1.165) is 10.5 Å². The van der Waals surface area contributed by atoms with Crippen molar-refractivity contribution in [2.45, 2.75) is 30.8 Å². The Bertz CT molecular complexity index is 653. The summed E-state index contributed by atoms with van der Waals surface area (Å²) in [6, 6.07) is -0.786. The lowest BCUT2D eigenvalue weighted by atomic mass is 10.2. The summed E-state index contributed by atoms with van der Waals surface area (Å²) >= 11 is 0. The molecule has 0 spiro atoms. The van der Waals surface area contributed by atoms with Gasteiger partial charge in [-0.15, -0.1) is 0 Å². The van der Waals surface area contributed by atoms with Gasteiger partial charge in [-0.25, -0.2) is 8.42 Å². The molecule has 0 bridgehead atoms. The number of amides is 1. The summed E-state index contributed by atoms with van der Waals surface area (Å²) in [5, 5.41) is 15.0. The fraction of sp³-hybridized carbons (Fsp3) is 0.545. The summed E-state index contributed by atoms with van der Waals surface area (Å²) in [5.41, 5.74) is 0. The standard InChI is InChI=1S/C11H16N4O5S/c1-8-11(18)12-3-5-15(8)21(19,20)9-6-13-14(7-9)4-2-10(16)17/h6-8H,2-5H2,1H3,(H,12,18)(H,16,17). The quantitative estimate of drug-likeness (QED) is 0.708. The zero-order valence-electron chi connectivity index (χ0n) is 11.4. The first-order valence-electron chi connectivity index (χ1n) is 6.36. The van der Waals surface area contributed by atoms with E-state index in [1.165, 1.54) is 17.8 Å². The second kappa shape index (κ2) is 5.82.